The lowest BCUT2D eigenvalue weighted by Crippen LogP contribution is -2.10. The van der Waals surface area contributed by atoms with Crippen LogP contribution in [0.3, 0.4) is 0 Å². The number of hydrogen-bond acceptors (Lipinski definition) is 2. The van der Waals surface area contributed by atoms with Crippen LogP contribution in [0.15, 0.2) is 40.9 Å². The molecule has 0 amide bonds. The van der Waals surface area contributed by atoms with Gasteiger partial charge in [0.2, 0.25) is 0 Å². The lowest BCUT2D eigenvalue weighted by molar-refractivity contribution is 0.300. The zero-order valence-corrected chi connectivity index (χ0v) is 13.4. The largest absolute Gasteiger partial charge is 0.487 e. The number of halogens is 3. The molecule has 0 radical (unpaired) electrons. The highest BCUT2D eigenvalue weighted by Gasteiger charge is 2.08. The molecule has 0 heterocycles. The van der Waals surface area contributed by atoms with Gasteiger partial charge in [-0.2, -0.15) is 0 Å². The maximum Gasteiger partial charge on any atom is 0.139 e. The van der Waals surface area contributed by atoms with E-state index in [1.54, 1.807) is 24.3 Å². The maximum absolute atomic E-state index is 13.7. The molecule has 0 aliphatic rings. The van der Waals surface area contributed by atoms with Crippen LogP contribution in [0.2, 0.25) is 5.02 Å². The molecule has 0 aromatic heterocycles. The predicted molar refractivity (Wildman–Crippen MR) is 85.8 cm³/mol. The van der Waals surface area contributed by atoms with Crippen molar-refractivity contribution in [3.63, 3.8) is 0 Å². The third kappa shape index (κ3) is 3.69. The van der Waals surface area contributed by atoms with Gasteiger partial charge in [-0.05, 0) is 36.4 Å². The second kappa shape index (κ2) is 6.52. The summed E-state index contributed by atoms with van der Waals surface area (Å²) < 4.78 is 20.1. The minimum Gasteiger partial charge on any atom is -0.487 e. The Balaban J connectivity index is 2.20. The molecule has 0 unspecified atom stereocenters. The molecule has 2 aromatic carbocycles. The number of ether oxygens (including phenoxy) is 1. The molecule has 0 atom stereocenters. The van der Waals surface area contributed by atoms with E-state index in [0.717, 1.165) is 4.47 Å². The van der Waals surface area contributed by atoms with Crippen molar-refractivity contribution in [2.45, 2.75) is 6.61 Å². The molecule has 6 heteroatoms. The van der Waals surface area contributed by atoms with Crippen LogP contribution in [-0.2, 0) is 6.61 Å². The summed E-state index contributed by atoms with van der Waals surface area (Å²) in [6, 6.07) is 9.64. The summed E-state index contributed by atoms with van der Waals surface area (Å²) in [6.45, 7) is 0.0401. The zero-order valence-electron chi connectivity index (χ0n) is 10.2. The molecule has 0 bridgehead atoms. The summed E-state index contributed by atoms with van der Waals surface area (Å²) >= 11 is 14.2. The summed E-state index contributed by atoms with van der Waals surface area (Å²) in [5, 5.41) is 0.458. The molecule has 0 aliphatic carbocycles. The fourth-order valence-electron chi connectivity index (χ4n) is 1.58. The van der Waals surface area contributed by atoms with Crippen LogP contribution in [-0.4, -0.2) is 4.99 Å². The average Bonchev–Trinajstić information content (AvgIpc) is 2.41. The maximum atomic E-state index is 13.7. The average molecular weight is 375 g/mol. The topological polar surface area (TPSA) is 35.2 Å². The fourth-order valence-corrected chi connectivity index (χ4v) is 2.22. The normalized spacial score (nSPS) is 10.3. The molecule has 0 saturated carbocycles. The van der Waals surface area contributed by atoms with E-state index in [2.05, 4.69) is 15.9 Å². The van der Waals surface area contributed by atoms with Crippen LogP contribution in [0, 0.1) is 5.82 Å². The van der Waals surface area contributed by atoms with Gasteiger partial charge in [0.1, 0.15) is 23.2 Å². The van der Waals surface area contributed by atoms with Gasteiger partial charge in [0.15, 0.2) is 0 Å². The Labute approximate surface area is 134 Å². The van der Waals surface area contributed by atoms with E-state index in [9.17, 15) is 4.39 Å². The van der Waals surface area contributed by atoms with Crippen LogP contribution in [0.5, 0.6) is 5.75 Å². The summed E-state index contributed by atoms with van der Waals surface area (Å²) in [4.78, 5) is 0.215. The quantitative estimate of drug-likeness (QED) is 0.803. The number of rotatable bonds is 4. The minimum atomic E-state index is -0.379. The monoisotopic (exact) mass is 373 g/mol. The highest BCUT2D eigenvalue weighted by atomic mass is 79.9. The molecule has 0 spiro atoms. The summed E-state index contributed by atoms with van der Waals surface area (Å²) in [7, 11) is 0. The van der Waals surface area contributed by atoms with Crippen molar-refractivity contribution >= 4 is 44.7 Å². The van der Waals surface area contributed by atoms with Gasteiger partial charge < -0.3 is 10.5 Å². The second-order valence-electron chi connectivity index (χ2n) is 4.03. The van der Waals surface area contributed by atoms with Gasteiger partial charge in [-0.25, -0.2) is 4.39 Å². The first-order chi connectivity index (χ1) is 9.47. The molecular formula is C14H10BrClFNOS. The Kier molecular flexibility index (Phi) is 4.96. The first-order valence-corrected chi connectivity index (χ1v) is 7.21. The van der Waals surface area contributed by atoms with Gasteiger partial charge in [0, 0.05) is 15.6 Å². The number of benzene rings is 2. The smallest absolute Gasteiger partial charge is 0.139 e. The minimum absolute atomic E-state index is 0.0401. The first kappa shape index (κ1) is 15.2. The standard InChI is InChI=1S/C14H10BrClFNOS/c15-10-2-3-11(16)13(6-10)19-7-9-5-8(14(18)20)1-4-12(9)17/h1-6H,7H2,(H2,18,20). The van der Waals surface area contributed by atoms with E-state index < -0.39 is 0 Å². The SMILES string of the molecule is NC(=S)c1ccc(F)c(COc2cc(Br)ccc2Cl)c1. The number of nitrogens with two attached hydrogens (primary N) is 1. The van der Waals surface area contributed by atoms with Crippen LogP contribution in [0.4, 0.5) is 4.39 Å². The van der Waals surface area contributed by atoms with Crippen molar-refractivity contribution in [2.75, 3.05) is 0 Å². The van der Waals surface area contributed by atoms with Crippen LogP contribution in [0.25, 0.3) is 0 Å². The molecule has 2 aromatic rings. The Hall–Kier alpha value is -1.17. The van der Waals surface area contributed by atoms with Gasteiger partial charge in [0.05, 0.1) is 5.02 Å². The molecule has 0 fully saturated rings. The Morgan fingerprint density at radius 2 is 2.05 bits per heavy atom. The highest BCUT2D eigenvalue weighted by Crippen LogP contribution is 2.28. The summed E-state index contributed by atoms with van der Waals surface area (Å²) in [5.74, 6) is 0.0947. The van der Waals surface area contributed by atoms with Crippen LogP contribution < -0.4 is 10.5 Å². The van der Waals surface area contributed by atoms with E-state index in [1.165, 1.54) is 12.1 Å². The predicted octanol–water partition coefficient (Wildman–Crippen LogP) is 4.45. The molecule has 2 N–H and O–H groups in total. The van der Waals surface area contributed by atoms with E-state index >= 15 is 0 Å². The van der Waals surface area contributed by atoms with Crippen LogP contribution >= 0.6 is 39.7 Å². The fraction of sp³-hybridized carbons (Fsp3) is 0.0714. The van der Waals surface area contributed by atoms with Gasteiger partial charge in [-0.15, -0.1) is 0 Å². The molecule has 0 aliphatic heterocycles. The van der Waals surface area contributed by atoms with E-state index in [-0.39, 0.29) is 17.4 Å². The number of thiocarbonyl (C=S) groups is 1. The molecule has 2 rings (SSSR count). The molecule has 2 nitrogen and oxygen atoms in total. The molecule has 20 heavy (non-hydrogen) atoms. The van der Waals surface area contributed by atoms with E-state index in [4.69, 9.17) is 34.3 Å². The van der Waals surface area contributed by atoms with Crippen molar-refractivity contribution in [1.29, 1.82) is 0 Å². The van der Waals surface area contributed by atoms with Crippen molar-refractivity contribution < 1.29 is 9.13 Å². The third-order valence-electron chi connectivity index (χ3n) is 2.61. The molecule has 0 saturated heterocycles. The van der Waals surface area contributed by atoms with E-state index in [0.29, 0.717) is 21.9 Å². The third-order valence-corrected chi connectivity index (χ3v) is 3.65. The lowest BCUT2D eigenvalue weighted by atomic mass is 10.1. The molecule has 104 valence electrons. The summed E-state index contributed by atoms with van der Waals surface area (Å²) in [5.41, 5.74) is 6.49. The molecular weight excluding hydrogens is 365 g/mol. The van der Waals surface area contributed by atoms with Crippen molar-refractivity contribution in [3.8, 4) is 5.75 Å². The van der Waals surface area contributed by atoms with Gasteiger partial charge in [0.25, 0.3) is 0 Å². The number of hydrogen-bond donors (Lipinski definition) is 1. The van der Waals surface area contributed by atoms with Gasteiger partial charge in [-0.3, -0.25) is 0 Å². The Morgan fingerprint density at radius 1 is 1.30 bits per heavy atom. The first-order valence-electron chi connectivity index (χ1n) is 5.63. The highest BCUT2D eigenvalue weighted by molar-refractivity contribution is 9.10. The van der Waals surface area contributed by atoms with Crippen molar-refractivity contribution in [2.24, 2.45) is 5.73 Å². The second-order valence-corrected chi connectivity index (χ2v) is 5.80. The van der Waals surface area contributed by atoms with E-state index in [1.807, 2.05) is 0 Å². The summed E-state index contributed by atoms with van der Waals surface area (Å²) in [6.07, 6.45) is 0. The van der Waals surface area contributed by atoms with Gasteiger partial charge >= 0.3 is 0 Å². The van der Waals surface area contributed by atoms with Crippen molar-refractivity contribution in [3.05, 3.63) is 62.8 Å². The van der Waals surface area contributed by atoms with Crippen LogP contribution in [0.1, 0.15) is 11.1 Å². The Bertz CT molecular complexity index is 666. The Morgan fingerprint density at radius 3 is 2.75 bits per heavy atom. The lowest BCUT2D eigenvalue weighted by Gasteiger charge is -2.10. The zero-order chi connectivity index (χ0) is 14.7. The van der Waals surface area contributed by atoms with Crippen molar-refractivity contribution in [1.82, 2.24) is 0 Å². The van der Waals surface area contributed by atoms with Gasteiger partial charge in [-0.1, -0.05) is 39.7 Å².